The molecule has 0 aliphatic carbocycles. The SMILES string of the molecule is CC/C=C\C/C=C\C/C=C\C/C=C\C/C=C\C/C=C\CCC(=O)OCC(COP(=O)(O)OCC(O)COP(=O)(O)OCC(COC(=O)CCCCCCCCCCCCCCCCC)OC(=O)CCCCCCC/C=C\CCCC)OC(=O)CCCCCCCCCCCCCCCCC. The second kappa shape index (κ2) is 73.5. The Morgan fingerprint density at radius 3 is 0.890 bits per heavy atom. The van der Waals surface area contributed by atoms with Crippen molar-refractivity contribution in [2.75, 3.05) is 39.6 Å². The van der Waals surface area contributed by atoms with E-state index in [2.05, 4.69) is 101 Å². The van der Waals surface area contributed by atoms with Crippen molar-refractivity contribution in [3.05, 3.63) is 85.1 Å². The van der Waals surface area contributed by atoms with Crippen molar-refractivity contribution < 1.29 is 80.2 Å². The van der Waals surface area contributed by atoms with Gasteiger partial charge in [0.15, 0.2) is 12.2 Å². The topological polar surface area (TPSA) is 237 Å². The normalized spacial score (nSPS) is 14.3. The van der Waals surface area contributed by atoms with Crippen molar-refractivity contribution in [2.24, 2.45) is 0 Å². The van der Waals surface area contributed by atoms with E-state index < -0.39 is 97.5 Å². The molecule has 0 radical (unpaired) electrons. The number of unbranched alkanes of at least 4 members (excludes halogenated alkanes) is 35. The van der Waals surface area contributed by atoms with Gasteiger partial charge in [-0.3, -0.25) is 37.3 Å². The maximum atomic E-state index is 13.1. The monoisotopic (exact) mass is 1450 g/mol. The molecular weight excluding hydrogens is 1310 g/mol. The van der Waals surface area contributed by atoms with Gasteiger partial charge in [-0.05, 0) is 83.5 Å². The highest BCUT2D eigenvalue weighted by atomic mass is 31.2. The Morgan fingerprint density at radius 2 is 0.550 bits per heavy atom. The van der Waals surface area contributed by atoms with Crippen LogP contribution in [0.5, 0.6) is 0 Å². The van der Waals surface area contributed by atoms with Gasteiger partial charge in [-0.25, -0.2) is 9.13 Å². The first-order chi connectivity index (χ1) is 48.7. The number of carbonyl (C=O) groups excluding carboxylic acids is 4. The number of hydrogen-bond acceptors (Lipinski definition) is 15. The summed E-state index contributed by atoms with van der Waals surface area (Å²) < 4.78 is 68.5. The molecule has 0 spiro atoms. The predicted octanol–water partition coefficient (Wildman–Crippen LogP) is 23.0. The summed E-state index contributed by atoms with van der Waals surface area (Å²) in [7, 11) is -9.96. The number of aliphatic hydroxyl groups excluding tert-OH is 1. The van der Waals surface area contributed by atoms with Crippen LogP contribution in [0, 0.1) is 0 Å². The zero-order valence-corrected chi connectivity index (χ0v) is 65.2. The highest BCUT2D eigenvalue weighted by molar-refractivity contribution is 7.47. The largest absolute Gasteiger partial charge is 0.472 e. The highest BCUT2D eigenvalue weighted by Gasteiger charge is 2.30. The first-order valence-corrected chi connectivity index (χ1v) is 42.8. The summed E-state index contributed by atoms with van der Waals surface area (Å²) in [6.07, 6.45) is 75.8. The molecule has 0 rings (SSSR count). The van der Waals surface area contributed by atoms with E-state index in [0.29, 0.717) is 32.1 Å². The molecule has 5 atom stereocenters. The number of rotatable bonds is 75. The van der Waals surface area contributed by atoms with Gasteiger partial charge in [0.1, 0.15) is 19.3 Å². The third-order valence-electron chi connectivity index (χ3n) is 16.9. The molecule has 0 saturated heterocycles. The third kappa shape index (κ3) is 72.6. The second-order valence-corrected chi connectivity index (χ2v) is 29.5. The van der Waals surface area contributed by atoms with E-state index in [-0.39, 0.29) is 25.7 Å². The van der Waals surface area contributed by atoms with Crippen molar-refractivity contribution in [1.82, 2.24) is 0 Å². The van der Waals surface area contributed by atoms with Gasteiger partial charge in [-0.2, -0.15) is 0 Å². The lowest BCUT2D eigenvalue weighted by atomic mass is 10.0. The number of esters is 4. The molecule has 0 aromatic heterocycles. The molecule has 3 N–H and O–H groups in total. The molecule has 0 saturated carbocycles. The minimum absolute atomic E-state index is 0.0391. The number of hydrogen-bond donors (Lipinski definition) is 3. The average Bonchev–Trinajstić information content (AvgIpc) is 0.985. The lowest BCUT2D eigenvalue weighted by molar-refractivity contribution is -0.161. The van der Waals surface area contributed by atoms with Crippen LogP contribution in [0.25, 0.3) is 0 Å². The molecule has 100 heavy (non-hydrogen) atoms. The van der Waals surface area contributed by atoms with E-state index in [9.17, 15) is 43.2 Å². The lowest BCUT2D eigenvalue weighted by Crippen LogP contribution is -2.30. The van der Waals surface area contributed by atoms with Crippen molar-refractivity contribution in [3.8, 4) is 0 Å². The number of allylic oxidation sites excluding steroid dienone is 14. The number of phosphoric ester groups is 2. The smallest absolute Gasteiger partial charge is 0.462 e. The Hall–Kier alpha value is -3.76. The number of phosphoric acid groups is 2. The maximum Gasteiger partial charge on any atom is 0.472 e. The third-order valence-corrected chi connectivity index (χ3v) is 18.8. The van der Waals surface area contributed by atoms with Gasteiger partial charge in [-0.1, -0.05) is 325 Å². The molecule has 0 heterocycles. The van der Waals surface area contributed by atoms with E-state index >= 15 is 0 Å². The highest BCUT2D eigenvalue weighted by Crippen LogP contribution is 2.45. The van der Waals surface area contributed by atoms with Crippen molar-refractivity contribution in [2.45, 2.75) is 367 Å². The predicted molar refractivity (Wildman–Crippen MR) is 409 cm³/mol. The molecule has 0 aliphatic heterocycles. The van der Waals surface area contributed by atoms with Crippen LogP contribution in [0.2, 0.25) is 0 Å². The number of aliphatic hydroxyl groups is 1. The van der Waals surface area contributed by atoms with Crippen LogP contribution >= 0.6 is 15.6 Å². The van der Waals surface area contributed by atoms with Crippen LogP contribution in [-0.4, -0.2) is 96.7 Å². The Morgan fingerprint density at radius 1 is 0.290 bits per heavy atom. The van der Waals surface area contributed by atoms with E-state index in [4.69, 9.17) is 37.0 Å². The number of carbonyl (C=O) groups is 4. The van der Waals surface area contributed by atoms with Gasteiger partial charge < -0.3 is 33.8 Å². The minimum Gasteiger partial charge on any atom is -0.462 e. The minimum atomic E-state index is -4.99. The summed E-state index contributed by atoms with van der Waals surface area (Å²) in [6, 6.07) is 0. The Bertz CT molecular complexity index is 2230. The quantitative estimate of drug-likeness (QED) is 0.0169. The fraction of sp³-hybridized carbons (Fsp3) is 0.778. The van der Waals surface area contributed by atoms with Crippen LogP contribution in [0.1, 0.15) is 349 Å². The molecule has 5 unspecified atom stereocenters. The summed E-state index contributed by atoms with van der Waals surface area (Å²) in [5.74, 6) is -2.25. The molecule has 580 valence electrons. The van der Waals surface area contributed by atoms with Gasteiger partial charge in [-0.15, -0.1) is 0 Å². The Labute approximate surface area is 608 Å². The Balaban J connectivity index is 5.36. The van der Waals surface area contributed by atoms with E-state index in [1.807, 2.05) is 12.2 Å². The summed E-state index contributed by atoms with van der Waals surface area (Å²) >= 11 is 0. The first-order valence-electron chi connectivity index (χ1n) is 39.8. The molecule has 0 aliphatic rings. The van der Waals surface area contributed by atoms with Gasteiger partial charge in [0, 0.05) is 25.7 Å². The summed E-state index contributed by atoms with van der Waals surface area (Å²) in [4.78, 5) is 72.9. The van der Waals surface area contributed by atoms with Crippen molar-refractivity contribution in [1.29, 1.82) is 0 Å². The van der Waals surface area contributed by atoms with Crippen LogP contribution < -0.4 is 0 Å². The van der Waals surface area contributed by atoms with Gasteiger partial charge >= 0.3 is 39.5 Å². The van der Waals surface area contributed by atoms with Crippen molar-refractivity contribution in [3.63, 3.8) is 0 Å². The standard InChI is InChI=1S/C81H144O17P2/c1-5-9-13-17-21-25-29-32-35-36-37-38-41-43-47-50-54-58-62-66-79(84)92-72-77(98-81(86)68-64-60-56-52-48-44-40-34-31-27-23-19-15-11-7-3)74-96-100(89,90)94-70-75(82)69-93-99(87,88)95-73-76(97-80(85)67-63-59-55-51-45-28-24-20-16-12-8-4)71-91-78(83)65-61-57-53-49-46-42-39-33-30-26-22-18-14-10-6-2/h9,13,20-21,24-25,32,35,37-38,43,47,54,58,75-77,82H,5-8,10-12,14-19,22-23,26-31,33-34,36,39-42,44-46,48-53,55-57,59-74H2,1-4H3,(H,87,88)(H,89,90)/b13-9-,24-20-,25-21-,35-32-,38-37-,47-43-,58-54-. The molecule has 0 fully saturated rings. The van der Waals surface area contributed by atoms with E-state index in [0.717, 1.165) is 116 Å². The Kier molecular flexibility index (Phi) is 70.8. The van der Waals surface area contributed by atoms with Crippen LogP contribution in [-0.2, 0) is 65.4 Å². The molecule has 0 amide bonds. The van der Waals surface area contributed by atoms with Crippen LogP contribution in [0.15, 0.2) is 85.1 Å². The molecule has 0 aromatic carbocycles. The van der Waals surface area contributed by atoms with E-state index in [1.165, 1.54) is 148 Å². The van der Waals surface area contributed by atoms with E-state index in [1.54, 1.807) is 0 Å². The zero-order chi connectivity index (χ0) is 73.2. The molecule has 0 bridgehead atoms. The molecular formula is C81H144O17P2. The summed E-state index contributed by atoms with van der Waals surface area (Å²) in [6.45, 7) is 4.69. The van der Waals surface area contributed by atoms with Gasteiger partial charge in [0.05, 0.1) is 26.4 Å². The van der Waals surface area contributed by atoms with Crippen LogP contribution in [0.3, 0.4) is 0 Å². The molecule has 0 aromatic rings. The summed E-state index contributed by atoms with van der Waals surface area (Å²) in [5, 5.41) is 10.6. The molecule has 17 nitrogen and oxygen atoms in total. The lowest BCUT2D eigenvalue weighted by Gasteiger charge is -2.21. The first kappa shape index (κ1) is 96.2. The molecule has 19 heteroatoms. The summed E-state index contributed by atoms with van der Waals surface area (Å²) in [5.41, 5.74) is 0. The van der Waals surface area contributed by atoms with Gasteiger partial charge in [0.25, 0.3) is 0 Å². The van der Waals surface area contributed by atoms with Crippen molar-refractivity contribution >= 4 is 39.5 Å². The average molecular weight is 1450 g/mol. The fourth-order valence-corrected chi connectivity index (χ4v) is 12.4. The fourth-order valence-electron chi connectivity index (χ4n) is 10.8. The van der Waals surface area contributed by atoms with Gasteiger partial charge in [0.2, 0.25) is 0 Å². The zero-order valence-electron chi connectivity index (χ0n) is 63.4. The van der Waals surface area contributed by atoms with Crippen LogP contribution in [0.4, 0.5) is 0 Å². The second-order valence-electron chi connectivity index (χ2n) is 26.6. The maximum absolute atomic E-state index is 13.1. The number of ether oxygens (including phenoxy) is 4.